The number of halogens is 5. The van der Waals surface area contributed by atoms with E-state index in [0.29, 0.717) is 0 Å². The molecule has 1 aromatic rings. The summed E-state index contributed by atoms with van der Waals surface area (Å²) in [5, 5.41) is 7.35. The van der Waals surface area contributed by atoms with Crippen molar-refractivity contribution >= 4 is 64.0 Å². The fraction of sp³-hybridized carbons (Fsp3) is 0. The zero-order valence-corrected chi connectivity index (χ0v) is 10.4. The van der Waals surface area contributed by atoms with E-state index in [0.717, 1.165) is 0 Å². The number of rotatable bonds is 1. The van der Waals surface area contributed by atoms with Gasteiger partial charge < -0.3 is 0 Å². The second-order valence-corrected chi connectivity index (χ2v) is 4.21. The van der Waals surface area contributed by atoms with Crippen molar-refractivity contribution in [1.29, 1.82) is 0 Å². The maximum atomic E-state index is 11.1. The molecule has 1 aromatic carbocycles. The minimum atomic E-state index is -1.18. The summed E-state index contributed by atoms with van der Waals surface area (Å²) in [5.74, 6) is -1.18. The van der Waals surface area contributed by atoms with Crippen LogP contribution in [-0.2, 0) is 4.89 Å². The molecule has 0 fully saturated rings. The van der Waals surface area contributed by atoms with E-state index in [1.807, 2.05) is 0 Å². The molecule has 0 aromatic heterocycles. The largest absolute Gasteiger partial charge is 0.375 e. The van der Waals surface area contributed by atoms with Crippen molar-refractivity contribution in [2.75, 3.05) is 0 Å². The molecular formula is C7HCl5O3. The minimum absolute atomic E-state index is 0.0807. The molecule has 0 saturated heterocycles. The first-order valence-corrected chi connectivity index (χ1v) is 5.18. The molecule has 3 nitrogen and oxygen atoms in total. The third-order valence-corrected chi connectivity index (χ3v) is 3.77. The van der Waals surface area contributed by atoms with Crippen LogP contribution in [0.4, 0.5) is 0 Å². The van der Waals surface area contributed by atoms with E-state index in [-0.39, 0.29) is 30.7 Å². The Morgan fingerprint density at radius 3 is 1.53 bits per heavy atom. The zero-order valence-electron chi connectivity index (χ0n) is 6.65. The lowest BCUT2D eigenvalue weighted by atomic mass is 10.2. The van der Waals surface area contributed by atoms with Gasteiger partial charge in [0.05, 0.1) is 25.1 Å². The maximum Gasteiger partial charge on any atom is 0.375 e. The molecule has 15 heavy (non-hydrogen) atoms. The summed E-state index contributed by atoms with van der Waals surface area (Å²) in [6.45, 7) is 0. The third-order valence-electron chi connectivity index (χ3n) is 1.50. The van der Waals surface area contributed by atoms with E-state index < -0.39 is 5.97 Å². The number of carbonyl (C=O) groups excluding carboxylic acids is 1. The summed E-state index contributed by atoms with van der Waals surface area (Å²) in [4.78, 5) is 14.5. The Morgan fingerprint density at radius 1 is 0.867 bits per heavy atom. The monoisotopic (exact) mass is 308 g/mol. The van der Waals surface area contributed by atoms with Crippen LogP contribution >= 0.6 is 58.0 Å². The van der Waals surface area contributed by atoms with Crippen LogP contribution in [0.25, 0.3) is 0 Å². The quantitative estimate of drug-likeness (QED) is 0.357. The fourth-order valence-electron chi connectivity index (χ4n) is 0.830. The van der Waals surface area contributed by atoms with Crippen LogP contribution in [0, 0.1) is 0 Å². The highest BCUT2D eigenvalue weighted by Crippen LogP contribution is 2.43. The summed E-state index contributed by atoms with van der Waals surface area (Å²) >= 11 is 28.3. The highest BCUT2D eigenvalue weighted by molar-refractivity contribution is 6.56. The lowest BCUT2D eigenvalue weighted by Crippen LogP contribution is -2.04. The molecule has 0 bridgehead atoms. The van der Waals surface area contributed by atoms with Crippen molar-refractivity contribution in [2.24, 2.45) is 0 Å². The lowest BCUT2D eigenvalue weighted by molar-refractivity contribution is -0.182. The van der Waals surface area contributed by atoms with Crippen LogP contribution in [0.15, 0.2) is 0 Å². The second-order valence-electron chi connectivity index (χ2n) is 2.32. The predicted octanol–water partition coefficient (Wildman–Crippen LogP) is 4.58. The van der Waals surface area contributed by atoms with E-state index in [1.54, 1.807) is 0 Å². The van der Waals surface area contributed by atoms with Crippen LogP contribution in [0.2, 0.25) is 25.1 Å². The molecule has 0 unspecified atom stereocenters. The van der Waals surface area contributed by atoms with Crippen LogP contribution in [0.3, 0.4) is 0 Å². The van der Waals surface area contributed by atoms with Crippen molar-refractivity contribution in [2.45, 2.75) is 0 Å². The van der Waals surface area contributed by atoms with Crippen molar-refractivity contribution in [3.63, 3.8) is 0 Å². The summed E-state index contributed by atoms with van der Waals surface area (Å²) in [6, 6.07) is 0. The molecule has 0 radical (unpaired) electrons. The average molecular weight is 310 g/mol. The van der Waals surface area contributed by atoms with Crippen LogP contribution in [-0.4, -0.2) is 11.2 Å². The van der Waals surface area contributed by atoms with Gasteiger partial charge in [-0.05, 0) is 0 Å². The normalized spacial score (nSPS) is 10.3. The van der Waals surface area contributed by atoms with E-state index in [1.165, 1.54) is 0 Å². The molecule has 0 heterocycles. The van der Waals surface area contributed by atoms with Crippen LogP contribution in [0.5, 0.6) is 0 Å². The lowest BCUT2D eigenvalue weighted by Gasteiger charge is -2.09. The van der Waals surface area contributed by atoms with Gasteiger partial charge in [0.15, 0.2) is 0 Å². The second kappa shape index (κ2) is 4.95. The molecule has 0 aliphatic carbocycles. The molecule has 0 saturated carbocycles. The van der Waals surface area contributed by atoms with Gasteiger partial charge in [0, 0.05) is 0 Å². The summed E-state index contributed by atoms with van der Waals surface area (Å²) in [5.41, 5.74) is -0.347. The highest BCUT2D eigenvalue weighted by atomic mass is 35.5. The Bertz CT molecular complexity index is 402. The summed E-state index contributed by atoms with van der Waals surface area (Å²) in [7, 11) is 0. The topological polar surface area (TPSA) is 46.5 Å². The van der Waals surface area contributed by atoms with E-state index >= 15 is 0 Å². The molecule has 1 rings (SSSR count). The molecular weight excluding hydrogens is 309 g/mol. The Kier molecular flexibility index (Phi) is 4.35. The molecule has 82 valence electrons. The van der Waals surface area contributed by atoms with Gasteiger partial charge in [0.25, 0.3) is 0 Å². The Hall–Kier alpha value is 0.1000. The number of hydrogen-bond donors (Lipinski definition) is 1. The van der Waals surface area contributed by atoms with Gasteiger partial charge in [0.1, 0.15) is 5.56 Å². The minimum Gasteiger partial charge on any atom is -0.295 e. The van der Waals surface area contributed by atoms with E-state index in [9.17, 15) is 4.79 Å². The smallest absolute Gasteiger partial charge is 0.295 e. The van der Waals surface area contributed by atoms with Crippen molar-refractivity contribution < 1.29 is 14.9 Å². The Balaban J connectivity index is 3.60. The third kappa shape index (κ3) is 2.28. The Labute approximate surface area is 109 Å². The van der Waals surface area contributed by atoms with Gasteiger partial charge in [-0.2, -0.15) is 5.26 Å². The van der Waals surface area contributed by atoms with Gasteiger partial charge in [-0.15, -0.1) is 0 Å². The number of benzene rings is 1. The first-order chi connectivity index (χ1) is 6.91. The van der Waals surface area contributed by atoms with Gasteiger partial charge in [-0.1, -0.05) is 58.0 Å². The molecule has 1 N–H and O–H groups in total. The van der Waals surface area contributed by atoms with Crippen molar-refractivity contribution in [3.05, 3.63) is 30.7 Å². The molecule has 0 aliphatic heterocycles. The van der Waals surface area contributed by atoms with Gasteiger partial charge in [-0.25, -0.2) is 4.79 Å². The van der Waals surface area contributed by atoms with Crippen molar-refractivity contribution in [1.82, 2.24) is 0 Å². The first-order valence-electron chi connectivity index (χ1n) is 3.29. The standard InChI is InChI=1S/C7HCl5O3/c8-2-1(7(13)15-14)3(9)5(11)6(12)4(2)10/h14H. The highest BCUT2D eigenvalue weighted by Gasteiger charge is 2.25. The van der Waals surface area contributed by atoms with Crippen LogP contribution in [0.1, 0.15) is 10.4 Å². The number of hydrogen-bond acceptors (Lipinski definition) is 3. The predicted molar refractivity (Wildman–Crippen MR) is 59.5 cm³/mol. The van der Waals surface area contributed by atoms with E-state index in [4.69, 9.17) is 63.3 Å². The number of carbonyl (C=O) groups is 1. The molecule has 0 aliphatic rings. The zero-order chi connectivity index (χ0) is 11.7. The summed E-state index contributed by atoms with van der Waals surface area (Å²) < 4.78 is 0. The fourth-order valence-corrected chi connectivity index (χ4v) is 2.12. The van der Waals surface area contributed by atoms with Gasteiger partial charge >= 0.3 is 5.97 Å². The molecule has 0 atom stereocenters. The maximum absolute atomic E-state index is 11.1. The Morgan fingerprint density at radius 2 is 1.20 bits per heavy atom. The SMILES string of the molecule is O=C(OO)c1c(Cl)c(Cl)c(Cl)c(Cl)c1Cl. The van der Waals surface area contributed by atoms with Crippen LogP contribution < -0.4 is 0 Å². The average Bonchev–Trinajstić information content (AvgIpc) is 2.23. The molecule has 8 heteroatoms. The van der Waals surface area contributed by atoms with Gasteiger partial charge in [0.2, 0.25) is 0 Å². The first kappa shape index (κ1) is 13.2. The van der Waals surface area contributed by atoms with E-state index in [2.05, 4.69) is 4.89 Å². The molecule has 0 amide bonds. The van der Waals surface area contributed by atoms with Crippen molar-refractivity contribution in [3.8, 4) is 0 Å². The molecule has 0 spiro atoms. The van der Waals surface area contributed by atoms with Gasteiger partial charge in [-0.3, -0.25) is 4.89 Å². The summed E-state index contributed by atoms with van der Waals surface area (Å²) in [6.07, 6.45) is 0.